The molecule has 1 N–H and O–H groups in total. The van der Waals surface area contributed by atoms with Crippen LogP contribution in [0.2, 0.25) is 0 Å². The third-order valence-corrected chi connectivity index (χ3v) is 4.83. The number of fused-ring (bicyclic) bond motifs is 1. The molecule has 7 nitrogen and oxygen atoms in total. The summed E-state index contributed by atoms with van der Waals surface area (Å²) in [5.74, 6) is -0.697. The normalized spacial score (nSPS) is 11.7. The Kier molecular flexibility index (Phi) is 6.65. The van der Waals surface area contributed by atoms with Gasteiger partial charge in [0.15, 0.2) is 11.5 Å². The molecule has 0 spiro atoms. The largest absolute Gasteiger partial charge is 0.507 e. The number of carbonyl (C=O) groups excluding carboxylic acids is 1. The van der Waals surface area contributed by atoms with Gasteiger partial charge in [-0.25, -0.2) is 4.79 Å². The minimum absolute atomic E-state index is 0.0262. The fourth-order valence-electron chi connectivity index (χ4n) is 3.31. The smallest absolute Gasteiger partial charge is 0.343 e. The number of rotatable bonds is 8. The number of benzene rings is 2. The lowest BCUT2D eigenvalue weighted by Gasteiger charge is -2.19. The van der Waals surface area contributed by atoms with Crippen molar-refractivity contribution in [2.75, 3.05) is 20.8 Å². The molecule has 1 atom stereocenters. The lowest BCUT2D eigenvalue weighted by molar-refractivity contribution is -0.140. The summed E-state index contributed by atoms with van der Waals surface area (Å²) in [5.41, 5.74) is 0.899. The Bertz CT molecular complexity index is 1180. The van der Waals surface area contributed by atoms with Crippen LogP contribution in [0.4, 0.5) is 0 Å². The lowest BCUT2D eigenvalue weighted by Crippen LogP contribution is -2.18. The van der Waals surface area contributed by atoms with Gasteiger partial charge < -0.3 is 23.7 Å². The number of ether oxygens (including phenoxy) is 3. The Labute approximate surface area is 179 Å². The van der Waals surface area contributed by atoms with Gasteiger partial charge in [0.2, 0.25) is 0 Å². The highest BCUT2D eigenvalue weighted by molar-refractivity contribution is 5.84. The van der Waals surface area contributed by atoms with Crippen LogP contribution >= 0.6 is 0 Å². The van der Waals surface area contributed by atoms with Gasteiger partial charge in [0.05, 0.1) is 31.6 Å². The second kappa shape index (κ2) is 9.38. The van der Waals surface area contributed by atoms with Crippen LogP contribution in [0.15, 0.2) is 63.8 Å². The van der Waals surface area contributed by atoms with Crippen LogP contribution in [-0.2, 0) is 9.53 Å². The number of hydrogen-bond donors (Lipinski definition) is 1. The number of hydrogen-bond acceptors (Lipinski definition) is 7. The first-order valence-corrected chi connectivity index (χ1v) is 9.62. The fourth-order valence-corrected chi connectivity index (χ4v) is 3.31. The van der Waals surface area contributed by atoms with Crippen molar-refractivity contribution in [3.05, 3.63) is 76.2 Å². The minimum Gasteiger partial charge on any atom is -0.507 e. The molecule has 31 heavy (non-hydrogen) atoms. The van der Waals surface area contributed by atoms with Crippen LogP contribution in [-0.4, -0.2) is 31.9 Å². The lowest BCUT2D eigenvalue weighted by atomic mass is 9.88. The average Bonchev–Trinajstić information content (AvgIpc) is 2.76. The van der Waals surface area contributed by atoms with Crippen molar-refractivity contribution in [2.45, 2.75) is 19.3 Å². The molecule has 3 aromatic rings. The van der Waals surface area contributed by atoms with Crippen LogP contribution in [0.25, 0.3) is 11.0 Å². The third kappa shape index (κ3) is 4.71. The van der Waals surface area contributed by atoms with Crippen molar-refractivity contribution >= 4 is 16.9 Å². The first-order chi connectivity index (χ1) is 14.8. The van der Waals surface area contributed by atoms with Gasteiger partial charge in [0.1, 0.15) is 17.9 Å². The first-order valence-electron chi connectivity index (χ1n) is 9.62. The maximum atomic E-state index is 12.8. The molecule has 0 bridgehead atoms. The highest BCUT2D eigenvalue weighted by Gasteiger charge is 2.28. The topological polar surface area (TPSA) is 95.2 Å². The Morgan fingerprint density at radius 3 is 2.58 bits per heavy atom. The Balaban J connectivity index is 2.15. The summed E-state index contributed by atoms with van der Waals surface area (Å²) in [4.78, 5) is 24.9. The maximum absolute atomic E-state index is 12.8. The summed E-state index contributed by atoms with van der Waals surface area (Å²) >= 11 is 0. The molecule has 0 radical (unpaired) electrons. The molecule has 0 amide bonds. The van der Waals surface area contributed by atoms with Crippen LogP contribution in [0.1, 0.15) is 30.4 Å². The average molecular weight is 424 g/mol. The zero-order valence-electron chi connectivity index (χ0n) is 17.6. The zero-order chi connectivity index (χ0) is 22.5. The molecule has 162 valence electrons. The highest BCUT2D eigenvalue weighted by Crippen LogP contribution is 2.39. The number of para-hydroxylation sites is 1. The number of aromatic hydroxyl groups is 1. The van der Waals surface area contributed by atoms with E-state index >= 15 is 0 Å². The summed E-state index contributed by atoms with van der Waals surface area (Å²) in [5, 5.41) is 11.3. The molecular formula is C24H24O7. The molecule has 0 fully saturated rings. The van der Waals surface area contributed by atoms with Crippen molar-refractivity contribution in [3.63, 3.8) is 0 Å². The van der Waals surface area contributed by atoms with Gasteiger partial charge >= 0.3 is 11.6 Å². The Morgan fingerprint density at radius 1 is 1.16 bits per heavy atom. The highest BCUT2D eigenvalue weighted by atomic mass is 16.5. The van der Waals surface area contributed by atoms with Crippen LogP contribution in [0.3, 0.4) is 0 Å². The molecule has 0 saturated heterocycles. The molecule has 7 heteroatoms. The second-order valence-electron chi connectivity index (χ2n) is 7.14. The van der Waals surface area contributed by atoms with Crippen molar-refractivity contribution in [1.29, 1.82) is 0 Å². The van der Waals surface area contributed by atoms with Gasteiger partial charge in [-0.1, -0.05) is 24.8 Å². The zero-order valence-corrected chi connectivity index (χ0v) is 17.6. The summed E-state index contributed by atoms with van der Waals surface area (Å²) in [7, 11) is 2.75. The molecule has 2 aromatic carbocycles. The predicted molar refractivity (Wildman–Crippen MR) is 116 cm³/mol. The van der Waals surface area contributed by atoms with E-state index in [-0.39, 0.29) is 23.3 Å². The van der Waals surface area contributed by atoms with E-state index in [1.54, 1.807) is 42.5 Å². The molecule has 0 saturated carbocycles. The first kappa shape index (κ1) is 22.0. The second-order valence-corrected chi connectivity index (χ2v) is 7.14. The van der Waals surface area contributed by atoms with Crippen molar-refractivity contribution in [1.82, 2.24) is 0 Å². The van der Waals surface area contributed by atoms with Gasteiger partial charge in [-0.05, 0) is 42.3 Å². The number of carbonyl (C=O) groups is 1. The van der Waals surface area contributed by atoms with Gasteiger partial charge in [0, 0.05) is 5.92 Å². The van der Waals surface area contributed by atoms with Crippen LogP contribution in [0, 0.1) is 0 Å². The number of methoxy groups -OCH3 is 2. The third-order valence-electron chi connectivity index (χ3n) is 4.83. The van der Waals surface area contributed by atoms with E-state index in [4.69, 9.17) is 18.6 Å². The van der Waals surface area contributed by atoms with Crippen LogP contribution in [0.5, 0.6) is 17.2 Å². The van der Waals surface area contributed by atoms with Gasteiger partial charge in [-0.2, -0.15) is 0 Å². The summed E-state index contributed by atoms with van der Waals surface area (Å²) in [6, 6.07) is 11.7. The predicted octanol–water partition coefficient (Wildman–Crippen LogP) is 4.16. The van der Waals surface area contributed by atoms with E-state index in [1.807, 2.05) is 6.92 Å². The Hall–Kier alpha value is -3.74. The van der Waals surface area contributed by atoms with Crippen molar-refractivity contribution in [3.8, 4) is 17.2 Å². The molecule has 0 aliphatic rings. The van der Waals surface area contributed by atoms with E-state index < -0.39 is 17.5 Å². The molecule has 0 aliphatic carbocycles. The quantitative estimate of drug-likeness (QED) is 0.330. The van der Waals surface area contributed by atoms with E-state index in [9.17, 15) is 14.7 Å². The number of esters is 1. The Morgan fingerprint density at radius 2 is 1.90 bits per heavy atom. The molecular weight excluding hydrogens is 400 g/mol. The monoisotopic (exact) mass is 424 g/mol. The molecule has 1 heterocycles. The van der Waals surface area contributed by atoms with Crippen LogP contribution < -0.4 is 15.1 Å². The van der Waals surface area contributed by atoms with Gasteiger partial charge in [0.25, 0.3) is 0 Å². The molecule has 0 unspecified atom stereocenters. The van der Waals surface area contributed by atoms with Crippen molar-refractivity contribution < 1.29 is 28.5 Å². The summed E-state index contributed by atoms with van der Waals surface area (Å²) < 4.78 is 21.3. The molecule has 0 aliphatic heterocycles. The van der Waals surface area contributed by atoms with Gasteiger partial charge in [-0.15, -0.1) is 0 Å². The van der Waals surface area contributed by atoms with E-state index in [1.165, 1.54) is 14.2 Å². The summed E-state index contributed by atoms with van der Waals surface area (Å²) in [6.07, 6.45) is -0.178. The SMILES string of the molecule is C=C(C)COc1ccc([C@@H](CC(=O)OC)c2c(O)c3ccccc3oc2=O)cc1OC. The van der Waals surface area contributed by atoms with Gasteiger partial charge in [-0.3, -0.25) is 4.79 Å². The maximum Gasteiger partial charge on any atom is 0.343 e. The standard InChI is InChI=1S/C24H24O7/c1-14(2)13-30-19-10-9-15(11-20(19)28-3)17(12-21(25)29-4)22-23(26)16-7-5-6-8-18(16)31-24(22)27/h5-11,17,26H,1,12-13H2,2-4H3/t17-/m1/s1. The minimum atomic E-state index is -0.822. The van der Waals surface area contributed by atoms with E-state index in [2.05, 4.69) is 6.58 Å². The molecule has 1 aromatic heterocycles. The van der Waals surface area contributed by atoms with E-state index in [0.717, 1.165) is 5.57 Å². The summed E-state index contributed by atoms with van der Waals surface area (Å²) in [6.45, 7) is 5.97. The fraction of sp³-hybridized carbons (Fsp3) is 0.250. The van der Waals surface area contributed by atoms with Crippen molar-refractivity contribution in [2.24, 2.45) is 0 Å². The molecule has 3 rings (SSSR count). The van der Waals surface area contributed by atoms with E-state index in [0.29, 0.717) is 29.1 Å².